The summed E-state index contributed by atoms with van der Waals surface area (Å²) in [5, 5.41) is 0. The van der Waals surface area contributed by atoms with E-state index >= 15 is 0 Å². The lowest BCUT2D eigenvalue weighted by atomic mass is 9.77. The largest absolute Gasteiger partial charge is 0.204 e. The fourth-order valence-corrected chi connectivity index (χ4v) is 4.65. The van der Waals surface area contributed by atoms with Crippen LogP contribution in [0.25, 0.3) is 6.08 Å². The molecule has 0 bridgehead atoms. The summed E-state index contributed by atoms with van der Waals surface area (Å²) in [5.41, 5.74) is 2.87. The van der Waals surface area contributed by atoms with Gasteiger partial charge in [0.25, 0.3) is 0 Å². The van der Waals surface area contributed by atoms with Gasteiger partial charge in [-0.2, -0.15) is 0 Å². The fourth-order valence-electron chi connectivity index (χ4n) is 4.65. The minimum absolute atomic E-state index is 0.566. The minimum atomic E-state index is -0.716. The van der Waals surface area contributed by atoms with Crippen LogP contribution in [0.1, 0.15) is 88.7 Å². The Morgan fingerprint density at radius 1 is 0.920 bits per heavy atom. The number of benzene rings is 1. The van der Waals surface area contributed by atoms with E-state index in [2.05, 4.69) is 13.0 Å². The smallest absolute Gasteiger partial charge is 0.162 e. The van der Waals surface area contributed by atoms with Crippen molar-refractivity contribution in [2.75, 3.05) is 0 Å². The summed E-state index contributed by atoms with van der Waals surface area (Å²) in [7, 11) is 0. The molecule has 0 N–H and O–H groups in total. The average molecular weight is 347 g/mol. The Morgan fingerprint density at radius 2 is 1.64 bits per heavy atom. The zero-order valence-corrected chi connectivity index (χ0v) is 15.6. The maximum absolute atomic E-state index is 13.8. The molecular formula is C23H32F2. The van der Waals surface area contributed by atoms with E-state index in [1.54, 1.807) is 6.07 Å². The van der Waals surface area contributed by atoms with Crippen LogP contribution in [-0.2, 0) is 6.42 Å². The molecule has 0 heterocycles. The van der Waals surface area contributed by atoms with Crippen LogP contribution < -0.4 is 0 Å². The van der Waals surface area contributed by atoms with Crippen molar-refractivity contribution in [3.8, 4) is 0 Å². The van der Waals surface area contributed by atoms with Crippen LogP contribution in [0.3, 0.4) is 0 Å². The molecule has 0 aliphatic heterocycles. The second-order valence-electron chi connectivity index (χ2n) is 8.15. The van der Waals surface area contributed by atoms with Crippen LogP contribution in [0.4, 0.5) is 8.78 Å². The van der Waals surface area contributed by atoms with Crippen molar-refractivity contribution < 1.29 is 8.78 Å². The van der Waals surface area contributed by atoms with Crippen molar-refractivity contribution >= 4 is 6.08 Å². The summed E-state index contributed by atoms with van der Waals surface area (Å²) in [6.45, 7) is 2.28. The number of fused-ring (bicyclic) bond motifs is 1. The van der Waals surface area contributed by atoms with Crippen molar-refractivity contribution in [1.29, 1.82) is 0 Å². The molecule has 1 aromatic carbocycles. The summed E-state index contributed by atoms with van der Waals surface area (Å²) in [5.74, 6) is 0.483. The van der Waals surface area contributed by atoms with Crippen LogP contribution in [0.15, 0.2) is 17.7 Å². The SMILES string of the molecule is CCCCCC1CCC(CCC2=Cc3ccc(F)c(F)c3CC2)CC1. The van der Waals surface area contributed by atoms with Gasteiger partial charge in [0.05, 0.1) is 0 Å². The maximum atomic E-state index is 13.8. The average Bonchev–Trinajstić information content (AvgIpc) is 2.64. The normalized spacial score (nSPS) is 23.2. The van der Waals surface area contributed by atoms with Crippen LogP contribution >= 0.6 is 0 Å². The van der Waals surface area contributed by atoms with Gasteiger partial charge in [-0.15, -0.1) is 0 Å². The third-order valence-electron chi connectivity index (χ3n) is 6.34. The Labute approximate surface area is 151 Å². The highest BCUT2D eigenvalue weighted by molar-refractivity contribution is 5.59. The third kappa shape index (κ3) is 4.92. The van der Waals surface area contributed by atoms with Crippen molar-refractivity contribution in [3.05, 3.63) is 40.5 Å². The van der Waals surface area contributed by atoms with Crippen molar-refractivity contribution in [3.63, 3.8) is 0 Å². The number of rotatable bonds is 7. The highest BCUT2D eigenvalue weighted by Crippen LogP contribution is 2.36. The molecule has 0 amide bonds. The van der Waals surface area contributed by atoms with Gasteiger partial charge in [-0.3, -0.25) is 0 Å². The molecule has 2 aliphatic rings. The molecule has 1 aromatic rings. The molecule has 0 atom stereocenters. The fraction of sp³-hybridized carbons (Fsp3) is 0.652. The first-order valence-electron chi connectivity index (χ1n) is 10.3. The number of unbranched alkanes of at least 4 members (excludes halogenated alkanes) is 2. The predicted octanol–water partition coefficient (Wildman–Crippen LogP) is 7.46. The molecule has 0 nitrogen and oxygen atoms in total. The zero-order valence-electron chi connectivity index (χ0n) is 15.6. The van der Waals surface area contributed by atoms with E-state index in [9.17, 15) is 8.78 Å². The number of halogens is 2. The Hall–Kier alpha value is -1.18. The van der Waals surface area contributed by atoms with E-state index in [-0.39, 0.29) is 0 Å². The monoisotopic (exact) mass is 346 g/mol. The van der Waals surface area contributed by atoms with Crippen molar-refractivity contribution in [2.45, 2.75) is 84.0 Å². The molecule has 25 heavy (non-hydrogen) atoms. The first kappa shape index (κ1) is 18.6. The van der Waals surface area contributed by atoms with Gasteiger partial charge >= 0.3 is 0 Å². The van der Waals surface area contributed by atoms with E-state index in [0.717, 1.165) is 30.2 Å². The molecule has 0 spiro atoms. The molecule has 0 unspecified atom stereocenters. The van der Waals surface area contributed by atoms with E-state index in [1.165, 1.54) is 69.4 Å². The number of hydrogen-bond acceptors (Lipinski definition) is 0. The van der Waals surface area contributed by atoms with Gasteiger partial charge in [0.1, 0.15) is 0 Å². The van der Waals surface area contributed by atoms with E-state index in [1.807, 2.05) is 0 Å². The second kappa shape index (κ2) is 8.96. The number of allylic oxidation sites excluding steroid dienone is 1. The topological polar surface area (TPSA) is 0 Å². The lowest BCUT2D eigenvalue weighted by Crippen LogP contribution is -2.15. The van der Waals surface area contributed by atoms with E-state index in [0.29, 0.717) is 12.0 Å². The molecule has 0 radical (unpaired) electrons. The van der Waals surface area contributed by atoms with Crippen LogP contribution in [0.2, 0.25) is 0 Å². The molecule has 138 valence electrons. The third-order valence-corrected chi connectivity index (χ3v) is 6.34. The molecule has 1 saturated carbocycles. The molecule has 0 saturated heterocycles. The Balaban J connectivity index is 1.45. The molecule has 0 aromatic heterocycles. The van der Waals surface area contributed by atoms with E-state index < -0.39 is 11.6 Å². The summed E-state index contributed by atoms with van der Waals surface area (Å²) in [6, 6.07) is 2.99. The van der Waals surface area contributed by atoms with Crippen molar-refractivity contribution in [2.24, 2.45) is 11.8 Å². The Kier molecular flexibility index (Phi) is 6.67. The minimum Gasteiger partial charge on any atom is -0.204 e. The molecule has 2 aliphatic carbocycles. The Morgan fingerprint density at radius 3 is 2.36 bits per heavy atom. The second-order valence-corrected chi connectivity index (χ2v) is 8.15. The van der Waals surface area contributed by atoms with Gasteiger partial charge in [0.2, 0.25) is 0 Å². The standard InChI is InChI=1S/C23H32F2/c1-2-3-4-5-17-6-8-18(9-7-17)10-11-19-12-14-21-20(16-19)13-15-22(24)23(21)25/h13,15-18H,2-12,14H2,1H3. The van der Waals surface area contributed by atoms with Gasteiger partial charge in [-0.05, 0) is 54.7 Å². The van der Waals surface area contributed by atoms with Crippen LogP contribution in [-0.4, -0.2) is 0 Å². The Bertz CT molecular complexity index is 594. The van der Waals surface area contributed by atoms with E-state index in [4.69, 9.17) is 0 Å². The van der Waals surface area contributed by atoms with Crippen LogP contribution in [0.5, 0.6) is 0 Å². The highest BCUT2D eigenvalue weighted by atomic mass is 19.2. The molecular weight excluding hydrogens is 314 g/mol. The predicted molar refractivity (Wildman–Crippen MR) is 101 cm³/mol. The number of hydrogen-bond donors (Lipinski definition) is 0. The quantitative estimate of drug-likeness (QED) is 0.449. The maximum Gasteiger partial charge on any atom is 0.162 e. The lowest BCUT2D eigenvalue weighted by Gasteiger charge is -2.29. The first-order chi connectivity index (χ1) is 12.2. The summed E-state index contributed by atoms with van der Waals surface area (Å²) < 4.78 is 27.2. The molecule has 1 fully saturated rings. The zero-order chi connectivity index (χ0) is 17.6. The summed E-state index contributed by atoms with van der Waals surface area (Å²) >= 11 is 0. The van der Waals surface area contributed by atoms with Crippen LogP contribution in [0, 0.1) is 23.5 Å². The first-order valence-corrected chi connectivity index (χ1v) is 10.3. The van der Waals surface area contributed by atoms with Crippen molar-refractivity contribution in [1.82, 2.24) is 0 Å². The molecule has 2 heteroatoms. The van der Waals surface area contributed by atoms with Gasteiger partial charge in [0.15, 0.2) is 11.6 Å². The van der Waals surface area contributed by atoms with Gasteiger partial charge in [-0.1, -0.05) is 76.0 Å². The van der Waals surface area contributed by atoms with Gasteiger partial charge < -0.3 is 0 Å². The van der Waals surface area contributed by atoms with Gasteiger partial charge in [-0.25, -0.2) is 8.78 Å². The summed E-state index contributed by atoms with van der Waals surface area (Å²) in [4.78, 5) is 0. The van der Waals surface area contributed by atoms with Gasteiger partial charge in [0, 0.05) is 0 Å². The lowest BCUT2D eigenvalue weighted by molar-refractivity contribution is 0.249. The highest BCUT2D eigenvalue weighted by Gasteiger charge is 2.22. The summed E-state index contributed by atoms with van der Waals surface area (Å²) in [6.07, 6.45) is 17.2. The molecule has 3 rings (SSSR count).